The standard InChI is InChI=1S/C24H23N5O2/c1-2-23(31)28-7-9-29(10-8-28)24-20-14-25-21(13-22(20)26-15-27-24)19-12-17(30)11-16-5-3-4-6-18(16)19/h2-6,11-15,23,30-31H,1,7-10H2. The molecule has 7 heteroatoms. The third-order valence-electron chi connectivity index (χ3n) is 5.82. The summed E-state index contributed by atoms with van der Waals surface area (Å²) in [6.45, 7) is 6.60. The molecule has 2 N–H and O–H groups in total. The van der Waals surface area contributed by atoms with E-state index in [0.29, 0.717) is 0 Å². The van der Waals surface area contributed by atoms with E-state index in [2.05, 4.69) is 21.4 Å². The molecule has 2 aromatic heterocycles. The molecule has 3 heterocycles. The van der Waals surface area contributed by atoms with Crippen LogP contribution < -0.4 is 4.90 Å². The zero-order chi connectivity index (χ0) is 21.4. The number of rotatable bonds is 4. The lowest BCUT2D eigenvalue weighted by Crippen LogP contribution is -2.50. The molecule has 0 aliphatic carbocycles. The predicted molar refractivity (Wildman–Crippen MR) is 122 cm³/mol. The molecule has 0 saturated carbocycles. The van der Waals surface area contributed by atoms with Crippen molar-refractivity contribution in [3.63, 3.8) is 0 Å². The van der Waals surface area contributed by atoms with Crippen LogP contribution in [0.3, 0.4) is 0 Å². The van der Waals surface area contributed by atoms with Crippen LogP contribution in [-0.2, 0) is 0 Å². The van der Waals surface area contributed by atoms with Crippen molar-refractivity contribution in [2.45, 2.75) is 6.23 Å². The van der Waals surface area contributed by atoms with Gasteiger partial charge in [0.05, 0.1) is 16.6 Å². The minimum atomic E-state index is -0.620. The van der Waals surface area contributed by atoms with Gasteiger partial charge in [-0.2, -0.15) is 0 Å². The van der Waals surface area contributed by atoms with Crippen molar-refractivity contribution in [3.05, 3.63) is 67.6 Å². The summed E-state index contributed by atoms with van der Waals surface area (Å²) in [7, 11) is 0. The fraction of sp³-hybridized carbons (Fsp3) is 0.208. The number of nitrogens with zero attached hydrogens (tertiary/aromatic N) is 5. The van der Waals surface area contributed by atoms with Crippen molar-refractivity contribution in [1.82, 2.24) is 19.9 Å². The van der Waals surface area contributed by atoms with Crippen LogP contribution in [0.2, 0.25) is 0 Å². The molecule has 1 atom stereocenters. The number of aromatic hydroxyl groups is 1. The molecule has 156 valence electrons. The van der Waals surface area contributed by atoms with E-state index in [0.717, 1.165) is 64.9 Å². The second-order valence-electron chi connectivity index (χ2n) is 7.67. The van der Waals surface area contributed by atoms with E-state index >= 15 is 0 Å². The van der Waals surface area contributed by atoms with E-state index in [9.17, 15) is 10.2 Å². The molecule has 1 saturated heterocycles. The molecule has 5 rings (SSSR count). The molecule has 1 fully saturated rings. The highest BCUT2D eigenvalue weighted by Gasteiger charge is 2.23. The van der Waals surface area contributed by atoms with Crippen molar-refractivity contribution >= 4 is 27.5 Å². The largest absolute Gasteiger partial charge is 0.508 e. The quantitative estimate of drug-likeness (QED) is 0.497. The molecular weight excluding hydrogens is 390 g/mol. The van der Waals surface area contributed by atoms with Crippen LogP contribution in [0.1, 0.15) is 0 Å². The molecule has 0 radical (unpaired) electrons. The lowest BCUT2D eigenvalue weighted by Gasteiger charge is -2.37. The number of benzene rings is 2. The van der Waals surface area contributed by atoms with Crippen molar-refractivity contribution in [3.8, 4) is 17.0 Å². The van der Waals surface area contributed by atoms with Crippen LogP contribution in [0.4, 0.5) is 5.82 Å². The summed E-state index contributed by atoms with van der Waals surface area (Å²) in [6.07, 6.45) is 4.31. The van der Waals surface area contributed by atoms with Gasteiger partial charge in [0.2, 0.25) is 0 Å². The number of phenolic OH excluding ortho intramolecular Hbond substituents is 1. The molecule has 2 aromatic carbocycles. The van der Waals surface area contributed by atoms with Gasteiger partial charge in [-0.15, -0.1) is 0 Å². The number of aromatic nitrogens is 3. The van der Waals surface area contributed by atoms with Gasteiger partial charge >= 0.3 is 0 Å². The summed E-state index contributed by atoms with van der Waals surface area (Å²) in [5.74, 6) is 1.05. The number of piperazine rings is 1. The smallest absolute Gasteiger partial charge is 0.141 e. The second kappa shape index (κ2) is 7.94. The minimum absolute atomic E-state index is 0.207. The molecule has 0 amide bonds. The summed E-state index contributed by atoms with van der Waals surface area (Å²) in [6, 6.07) is 13.4. The Morgan fingerprint density at radius 1 is 0.968 bits per heavy atom. The van der Waals surface area contributed by atoms with E-state index in [4.69, 9.17) is 4.98 Å². The highest BCUT2D eigenvalue weighted by atomic mass is 16.3. The molecular formula is C24H23N5O2. The Balaban J connectivity index is 1.51. The van der Waals surface area contributed by atoms with Crippen LogP contribution >= 0.6 is 0 Å². The van der Waals surface area contributed by atoms with E-state index in [1.165, 1.54) is 0 Å². The predicted octanol–water partition coefficient (Wildman–Crippen LogP) is 3.18. The molecule has 7 nitrogen and oxygen atoms in total. The maximum Gasteiger partial charge on any atom is 0.141 e. The highest BCUT2D eigenvalue weighted by molar-refractivity contribution is 5.99. The maximum absolute atomic E-state index is 10.2. The Hall–Kier alpha value is -3.55. The van der Waals surface area contributed by atoms with Crippen molar-refractivity contribution in [1.29, 1.82) is 0 Å². The average Bonchev–Trinajstić information content (AvgIpc) is 2.82. The summed E-state index contributed by atoms with van der Waals surface area (Å²) in [5.41, 5.74) is 2.42. The first-order valence-electron chi connectivity index (χ1n) is 10.3. The molecule has 4 aromatic rings. The third-order valence-corrected chi connectivity index (χ3v) is 5.82. The Morgan fingerprint density at radius 3 is 2.58 bits per heavy atom. The van der Waals surface area contributed by atoms with E-state index in [1.807, 2.05) is 41.4 Å². The lowest BCUT2D eigenvalue weighted by molar-refractivity contribution is 0.0380. The average molecular weight is 413 g/mol. The van der Waals surface area contributed by atoms with E-state index in [-0.39, 0.29) is 5.75 Å². The van der Waals surface area contributed by atoms with Crippen LogP contribution in [0, 0.1) is 0 Å². The third kappa shape index (κ3) is 3.58. The van der Waals surface area contributed by atoms with E-state index < -0.39 is 6.23 Å². The minimum Gasteiger partial charge on any atom is -0.508 e. The number of phenols is 1. The van der Waals surface area contributed by atoms with Gasteiger partial charge in [-0.3, -0.25) is 9.88 Å². The van der Waals surface area contributed by atoms with Gasteiger partial charge in [0.25, 0.3) is 0 Å². The van der Waals surface area contributed by atoms with Crippen molar-refractivity contribution < 1.29 is 10.2 Å². The number of fused-ring (bicyclic) bond motifs is 2. The maximum atomic E-state index is 10.2. The first-order chi connectivity index (χ1) is 15.1. The Bertz CT molecular complexity index is 1270. The first-order valence-corrected chi connectivity index (χ1v) is 10.3. The first kappa shape index (κ1) is 19.4. The molecule has 1 aliphatic rings. The van der Waals surface area contributed by atoms with Crippen LogP contribution in [-0.4, -0.2) is 62.5 Å². The zero-order valence-electron chi connectivity index (χ0n) is 17.0. The number of anilines is 1. The monoisotopic (exact) mass is 413 g/mol. The fourth-order valence-electron chi connectivity index (χ4n) is 4.19. The Morgan fingerprint density at radius 2 is 1.77 bits per heavy atom. The summed E-state index contributed by atoms with van der Waals surface area (Å²) < 4.78 is 0. The SMILES string of the molecule is C=CC(O)N1CCN(c2ncnc3cc(-c4cc(O)cc5ccccc45)ncc23)CC1. The lowest BCUT2D eigenvalue weighted by atomic mass is 10.0. The van der Waals surface area contributed by atoms with Crippen LogP contribution in [0.5, 0.6) is 5.75 Å². The molecule has 0 spiro atoms. The van der Waals surface area contributed by atoms with Crippen molar-refractivity contribution in [2.24, 2.45) is 0 Å². The topological polar surface area (TPSA) is 85.6 Å². The molecule has 1 aliphatic heterocycles. The Kier molecular flexibility index (Phi) is 4.97. The summed E-state index contributed by atoms with van der Waals surface area (Å²) in [5, 5.41) is 23.0. The second-order valence-corrected chi connectivity index (χ2v) is 7.67. The van der Waals surface area contributed by atoms with Gasteiger partial charge in [-0.05, 0) is 35.0 Å². The van der Waals surface area contributed by atoms with Gasteiger partial charge in [0.15, 0.2) is 0 Å². The normalized spacial score (nSPS) is 16.0. The number of pyridine rings is 1. The zero-order valence-corrected chi connectivity index (χ0v) is 17.0. The summed E-state index contributed by atoms with van der Waals surface area (Å²) >= 11 is 0. The number of aliphatic hydroxyl groups excluding tert-OH is 1. The number of hydrogen-bond donors (Lipinski definition) is 2. The van der Waals surface area contributed by atoms with Crippen molar-refractivity contribution in [2.75, 3.05) is 31.1 Å². The molecule has 1 unspecified atom stereocenters. The number of aliphatic hydroxyl groups is 1. The molecule has 0 bridgehead atoms. The molecule has 31 heavy (non-hydrogen) atoms. The van der Waals surface area contributed by atoms with Gasteiger partial charge in [-0.25, -0.2) is 9.97 Å². The van der Waals surface area contributed by atoms with Gasteiger partial charge in [0.1, 0.15) is 24.1 Å². The van der Waals surface area contributed by atoms with E-state index in [1.54, 1.807) is 24.5 Å². The number of hydrogen-bond acceptors (Lipinski definition) is 7. The van der Waals surface area contributed by atoms with Gasteiger partial charge in [0, 0.05) is 37.9 Å². The van der Waals surface area contributed by atoms with Gasteiger partial charge in [-0.1, -0.05) is 30.8 Å². The highest BCUT2D eigenvalue weighted by Crippen LogP contribution is 2.33. The van der Waals surface area contributed by atoms with Gasteiger partial charge < -0.3 is 15.1 Å². The Labute approximate surface area is 179 Å². The fourth-order valence-corrected chi connectivity index (χ4v) is 4.19. The summed E-state index contributed by atoms with van der Waals surface area (Å²) in [4.78, 5) is 17.9. The van der Waals surface area contributed by atoms with Crippen LogP contribution in [0.25, 0.3) is 32.9 Å². The van der Waals surface area contributed by atoms with Crippen LogP contribution in [0.15, 0.2) is 67.6 Å².